The third-order valence-electron chi connectivity index (χ3n) is 3.43. The number of hydrogen-bond acceptors (Lipinski definition) is 4. The second kappa shape index (κ2) is 7.29. The minimum Gasteiger partial charge on any atom is -0.507 e. The lowest BCUT2D eigenvalue weighted by Gasteiger charge is -2.22. The zero-order valence-electron chi connectivity index (χ0n) is 12.6. The van der Waals surface area contributed by atoms with Gasteiger partial charge in [-0.25, -0.2) is 0 Å². The average molecular weight is 280 g/mol. The van der Waals surface area contributed by atoms with E-state index in [0.717, 1.165) is 6.42 Å². The monoisotopic (exact) mass is 280 g/mol. The van der Waals surface area contributed by atoms with E-state index in [-0.39, 0.29) is 11.7 Å². The zero-order chi connectivity index (χ0) is 15.3. The lowest BCUT2D eigenvalue weighted by atomic mass is 9.90. The molecule has 0 aliphatic heterocycles. The van der Waals surface area contributed by atoms with Crippen molar-refractivity contribution in [3.8, 4) is 5.75 Å². The summed E-state index contributed by atoms with van der Waals surface area (Å²) in [5.74, 6) is -0.711. The number of phenols is 1. The fourth-order valence-electron chi connectivity index (χ4n) is 2.36. The van der Waals surface area contributed by atoms with E-state index in [1.54, 1.807) is 32.9 Å². The number of carbonyl (C=O) groups is 1. The lowest BCUT2D eigenvalue weighted by molar-refractivity contribution is -0.152. The summed E-state index contributed by atoms with van der Waals surface area (Å²) >= 11 is 0. The molecule has 4 nitrogen and oxygen atoms in total. The molecule has 0 radical (unpaired) electrons. The highest BCUT2D eigenvalue weighted by Crippen LogP contribution is 2.31. The van der Waals surface area contributed by atoms with E-state index < -0.39 is 12.0 Å². The van der Waals surface area contributed by atoms with Gasteiger partial charge in [0.15, 0.2) is 0 Å². The molecule has 0 heterocycles. The molecule has 0 spiro atoms. The van der Waals surface area contributed by atoms with Crippen molar-refractivity contribution in [1.29, 1.82) is 0 Å². The van der Waals surface area contributed by atoms with Gasteiger partial charge in [0.05, 0.1) is 18.6 Å². The molecule has 112 valence electrons. The maximum atomic E-state index is 12.0. The molecule has 0 saturated heterocycles. The molecule has 2 unspecified atom stereocenters. The van der Waals surface area contributed by atoms with Crippen molar-refractivity contribution in [2.75, 3.05) is 6.61 Å². The van der Waals surface area contributed by atoms with Crippen molar-refractivity contribution in [2.24, 2.45) is 5.92 Å². The summed E-state index contributed by atoms with van der Waals surface area (Å²) in [6.45, 7) is 7.57. The van der Waals surface area contributed by atoms with Crippen LogP contribution in [0, 0.1) is 19.8 Å². The minimum atomic E-state index is -0.910. The van der Waals surface area contributed by atoms with Crippen LogP contribution in [0.25, 0.3) is 0 Å². The first-order chi connectivity index (χ1) is 9.42. The number of aromatic hydroxyl groups is 1. The zero-order valence-corrected chi connectivity index (χ0v) is 12.6. The number of esters is 1. The van der Waals surface area contributed by atoms with Crippen LogP contribution in [-0.2, 0) is 9.53 Å². The van der Waals surface area contributed by atoms with Gasteiger partial charge in [-0.15, -0.1) is 0 Å². The highest BCUT2D eigenvalue weighted by Gasteiger charge is 2.29. The Morgan fingerprint density at radius 1 is 1.25 bits per heavy atom. The molecular formula is C16H24O4. The number of aliphatic hydroxyl groups excluding tert-OH is 1. The van der Waals surface area contributed by atoms with Crippen LogP contribution in [0.5, 0.6) is 5.75 Å². The van der Waals surface area contributed by atoms with Gasteiger partial charge in [-0.2, -0.15) is 0 Å². The van der Waals surface area contributed by atoms with E-state index in [4.69, 9.17) is 4.74 Å². The smallest absolute Gasteiger partial charge is 0.311 e. The predicted molar refractivity (Wildman–Crippen MR) is 77.6 cm³/mol. The molecule has 0 aliphatic carbocycles. The maximum Gasteiger partial charge on any atom is 0.311 e. The second-order valence-corrected chi connectivity index (χ2v) is 5.10. The Kier molecular flexibility index (Phi) is 6.02. The largest absolute Gasteiger partial charge is 0.507 e. The van der Waals surface area contributed by atoms with Crippen LogP contribution >= 0.6 is 0 Å². The van der Waals surface area contributed by atoms with E-state index in [1.807, 2.05) is 6.92 Å². The van der Waals surface area contributed by atoms with Crippen LogP contribution in [0.1, 0.15) is 49.5 Å². The van der Waals surface area contributed by atoms with Gasteiger partial charge < -0.3 is 14.9 Å². The van der Waals surface area contributed by atoms with Gasteiger partial charge in [-0.1, -0.05) is 13.3 Å². The van der Waals surface area contributed by atoms with Gasteiger partial charge in [0.1, 0.15) is 5.75 Å². The molecule has 2 N–H and O–H groups in total. The Balaban J connectivity index is 3.05. The molecule has 1 aromatic rings. The summed E-state index contributed by atoms with van der Waals surface area (Å²) in [7, 11) is 0. The summed E-state index contributed by atoms with van der Waals surface area (Å²) in [6.07, 6.45) is 0.447. The van der Waals surface area contributed by atoms with E-state index >= 15 is 0 Å². The van der Waals surface area contributed by atoms with Crippen molar-refractivity contribution >= 4 is 5.97 Å². The van der Waals surface area contributed by atoms with Gasteiger partial charge in [0.2, 0.25) is 0 Å². The molecule has 4 heteroatoms. The van der Waals surface area contributed by atoms with Crippen LogP contribution in [0.15, 0.2) is 12.1 Å². The van der Waals surface area contributed by atoms with Crippen LogP contribution in [-0.4, -0.2) is 22.8 Å². The number of benzene rings is 1. The van der Waals surface area contributed by atoms with E-state index in [1.165, 1.54) is 0 Å². The number of aliphatic hydroxyl groups is 1. The molecule has 20 heavy (non-hydrogen) atoms. The molecule has 1 rings (SSSR count). The average Bonchev–Trinajstić information content (AvgIpc) is 2.41. The van der Waals surface area contributed by atoms with E-state index in [0.29, 0.717) is 29.7 Å². The van der Waals surface area contributed by atoms with Gasteiger partial charge in [-0.3, -0.25) is 4.79 Å². The lowest BCUT2D eigenvalue weighted by Crippen LogP contribution is -2.24. The molecule has 0 bridgehead atoms. The molecule has 0 amide bonds. The number of phenolic OH excluding ortho intramolecular Hbond substituents is 1. The third kappa shape index (κ3) is 3.73. The van der Waals surface area contributed by atoms with Crippen LogP contribution in [0.2, 0.25) is 0 Å². The van der Waals surface area contributed by atoms with Crippen LogP contribution in [0.3, 0.4) is 0 Å². The Labute approximate surface area is 120 Å². The predicted octanol–water partition coefficient (Wildman–Crippen LogP) is 3.02. The van der Waals surface area contributed by atoms with Crippen molar-refractivity contribution in [3.63, 3.8) is 0 Å². The Morgan fingerprint density at radius 2 is 1.80 bits per heavy atom. The summed E-state index contributed by atoms with van der Waals surface area (Å²) < 4.78 is 5.04. The topological polar surface area (TPSA) is 66.8 Å². The molecule has 1 aromatic carbocycles. The third-order valence-corrected chi connectivity index (χ3v) is 3.43. The van der Waals surface area contributed by atoms with Gasteiger partial charge in [-0.05, 0) is 56.0 Å². The Bertz CT molecular complexity index is 445. The van der Waals surface area contributed by atoms with Gasteiger partial charge in [0, 0.05) is 0 Å². The number of carbonyl (C=O) groups excluding carboxylic acids is 1. The number of aryl methyl sites for hydroxylation is 2. The normalized spacial score (nSPS) is 13.8. The fourth-order valence-corrected chi connectivity index (χ4v) is 2.36. The molecule has 0 aromatic heterocycles. The molecule has 2 atom stereocenters. The molecule has 0 aliphatic rings. The van der Waals surface area contributed by atoms with Crippen molar-refractivity contribution in [3.05, 3.63) is 28.8 Å². The first-order valence-electron chi connectivity index (χ1n) is 7.07. The fraction of sp³-hybridized carbons (Fsp3) is 0.562. The first kappa shape index (κ1) is 16.5. The minimum absolute atomic E-state index is 0.226. The summed E-state index contributed by atoms with van der Waals surface area (Å²) in [5, 5.41) is 20.2. The van der Waals surface area contributed by atoms with E-state index in [2.05, 4.69) is 0 Å². The van der Waals surface area contributed by atoms with Crippen molar-refractivity contribution in [1.82, 2.24) is 0 Å². The summed E-state index contributed by atoms with van der Waals surface area (Å²) in [5.41, 5.74) is 2.03. The second-order valence-electron chi connectivity index (χ2n) is 5.10. The SMILES string of the molecule is CCCC(C(=O)OCC)C(O)c1cc(C)c(O)c(C)c1. The van der Waals surface area contributed by atoms with Crippen molar-refractivity contribution in [2.45, 2.75) is 46.6 Å². The highest BCUT2D eigenvalue weighted by atomic mass is 16.5. The van der Waals surface area contributed by atoms with E-state index in [9.17, 15) is 15.0 Å². The maximum absolute atomic E-state index is 12.0. The summed E-state index contributed by atoms with van der Waals surface area (Å²) in [6, 6.07) is 3.43. The number of rotatable bonds is 6. The first-order valence-corrected chi connectivity index (χ1v) is 7.07. The Morgan fingerprint density at radius 3 is 2.25 bits per heavy atom. The molecular weight excluding hydrogens is 256 g/mol. The highest BCUT2D eigenvalue weighted by molar-refractivity contribution is 5.73. The summed E-state index contributed by atoms with van der Waals surface area (Å²) in [4.78, 5) is 12.0. The van der Waals surface area contributed by atoms with Gasteiger partial charge >= 0.3 is 5.97 Å². The standard InChI is InChI=1S/C16H24O4/c1-5-7-13(16(19)20-6-2)15(18)12-8-10(3)14(17)11(4)9-12/h8-9,13,15,17-18H,5-7H2,1-4H3. The molecule has 0 saturated carbocycles. The van der Waals surface area contributed by atoms with Crippen LogP contribution in [0.4, 0.5) is 0 Å². The number of hydrogen-bond donors (Lipinski definition) is 2. The molecule has 0 fully saturated rings. The number of ether oxygens (including phenoxy) is 1. The van der Waals surface area contributed by atoms with Gasteiger partial charge in [0.25, 0.3) is 0 Å². The Hall–Kier alpha value is -1.55. The van der Waals surface area contributed by atoms with Crippen molar-refractivity contribution < 1.29 is 19.7 Å². The quantitative estimate of drug-likeness (QED) is 0.786. The van der Waals surface area contributed by atoms with Crippen LogP contribution < -0.4 is 0 Å².